The van der Waals surface area contributed by atoms with Gasteiger partial charge in [0.15, 0.2) is 0 Å². The molecular formula is C20H17ClN4O2. The highest BCUT2D eigenvalue weighted by Crippen LogP contribution is 2.29. The van der Waals surface area contributed by atoms with Gasteiger partial charge in [0.2, 0.25) is 5.91 Å². The van der Waals surface area contributed by atoms with Crippen LogP contribution in [0.3, 0.4) is 0 Å². The first-order valence-electron chi connectivity index (χ1n) is 8.54. The molecule has 0 radical (unpaired) electrons. The first-order chi connectivity index (χ1) is 13.1. The molecule has 2 heterocycles. The van der Waals surface area contributed by atoms with E-state index in [0.29, 0.717) is 17.1 Å². The Morgan fingerprint density at radius 2 is 1.93 bits per heavy atom. The van der Waals surface area contributed by atoms with E-state index in [1.165, 1.54) is 0 Å². The number of benzene rings is 2. The number of carbonyl (C=O) groups excluding carboxylic acids is 1. The lowest BCUT2D eigenvalue weighted by molar-refractivity contribution is -0.123. The third-order valence-electron chi connectivity index (χ3n) is 4.67. The normalized spacial score (nSPS) is 12.4. The number of rotatable bonds is 4. The highest BCUT2D eigenvalue weighted by atomic mass is 35.5. The van der Waals surface area contributed by atoms with Gasteiger partial charge in [0, 0.05) is 22.3 Å². The van der Waals surface area contributed by atoms with Gasteiger partial charge in [-0.2, -0.15) is 5.10 Å². The highest BCUT2D eigenvalue weighted by Gasteiger charge is 2.22. The van der Waals surface area contributed by atoms with Crippen molar-refractivity contribution >= 4 is 39.3 Å². The van der Waals surface area contributed by atoms with Gasteiger partial charge in [-0.15, -0.1) is 0 Å². The molecule has 4 aromatic rings. The molecule has 0 aliphatic heterocycles. The van der Waals surface area contributed by atoms with Crippen molar-refractivity contribution < 1.29 is 4.79 Å². The van der Waals surface area contributed by atoms with E-state index in [1.807, 2.05) is 36.4 Å². The average Bonchev–Trinajstić information content (AvgIpc) is 3.02. The van der Waals surface area contributed by atoms with Crippen LogP contribution in [0, 0.1) is 0 Å². The zero-order valence-electron chi connectivity index (χ0n) is 14.6. The number of fused-ring (bicyclic) bond motifs is 3. The van der Waals surface area contributed by atoms with Crippen molar-refractivity contribution in [2.24, 2.45) is 0 Å². The summed E-state index contributed by atoms with van der Waals surface area (Å²) in [5.41, 5.74) is 1.89. The minimum Gasteiger partial charge on any atom is -0.350 e. The van der Waals surface area contributed by atoms with Gasteiger partial charge >= 0.3 is 0 Å². The van der Waals surface area contributed by atoms with E-state index >= 15 is 0 Å². The minimum absolute atomic E-state index is 0.177. The zero-order valence-corrected chi connectivity index (χ0v) is 15.3. The first kappa shape index (κ1) is 17.3. The van der Waals surface area contributed by atoms with Crippen LogP contribution in [-0.4, -0.2) is 20.7 Å². The van der Waals surface area contributed by atoms with Crippen molar-refractivity contribution in [3.63, 3.8) is 0 Å². The third kappa shape index (κ3) is 3.08. The predicted octanol–water partition coefficient (Wildman–Crippen LogP) is 3.41. The number of amides is 1. The molecular weight excluding hydrogens is 364 g/mol. The van der Waals surface area contributed by atoms with E-state index in [-0.39, 0.29) is 11.5 Å². The molecule has 0 aliphatic carbocycles. The molecule has 1 unspecified atom stereocenters. The summed E-state index contributed by atoms with van der Waals surface area (Å²) in [5.74, 6) is -0.177. The molecule has 1 amide bonds. The molecule has 2 aromatic heterocycles. The number of nitrogens with one attached hydrogen (secondary N) is 2. The molecule has 7 heteroatoms. The fraction of sp³-hybridized carbons (Fsp3) is 0.150. The lowest BCUT2D eigenvalue weighted by Gasteiger charge is -2.16. The number of nitrogens with zero attached hydrogens (tertiary/aromatic N) is 2. The number of aromatic nitrogens is 3. The van der Waals surface area contributed by atoms with Crippen LogP contribution in [0.15, 0.2) is 59.5 Å². The second-order valence-corrected chi connectivity index (χ2v) is 6.81. The fourth-order valence-corrected chi connectivity index (χ4v) is 3.44. The molecule has 1 atom stereocenters. The standard InChI is InChI=1S/C20H17ClN4O2/c1-12(19(26)22-10-13-6-8-14(21)9-7-13)25-17-5-3-2-4-15(17)16-11-23-24-20(27)18(16)25/h2-9,11-12H,10H2,1H3,(H,22,26)(H,24,27). The van der Waals surface area contributed by atoms with Crippen LogP contribution in [0.1, 0.15) is 18.5 Å². The van der Waals surface area contributed by atoms with Gasteiger partial charge in [-0.05, 0) is 30.7 Å². The number of hydrogen-bond acceptors (Lipinski definition) is 3. The molecule has 2 aromatic carbocycles. The number of H-pyrrole nitrogens is 1. The molecule has 0 bridgehead atoms. The lowest BCUT2D eigenvalue weighted by atomic mass is 10.2. The van der Waals surface area contributed by atoms with Crippen molar-refractivity contribution in [3.05, 3.63) is 75.7 Å². The molecule has 0 saturated carbocycles. The maximum atomic E-state index is 12.8. The summed E-state index contributed by atoms with van der Waals surface area (Å²) in [6.45, 7) is 2.17. The van der Waals surface area contributed by atoms with Crippen molar-refractivity contribution in [1.82, 2.24) is 20.1 Å². The van der Waals surface area contributed by atoms with E-state index in [2.05, 4.69) is 15.5 Å². The van der Waals surface area contributed by atoms with E-state index in [9.17, 15) is 9.59 Å². The van der Waals surface area contributed by atoms with Crippen LogP contribution in [0.2, 0.25) is 5.02 Å². The summed E-state index contributed by atoms with van der Waals surface area (Å²) in [6, 6.07) is 14.3. The van der Waals surface area contributed by atoms with Crippen molar-refractivity contribution in [2.45, 2.75) is 19.5 Å². The molecule has 4 rings (SSSR count). The lowest BCUT2D eigenvalue weighted by Crippen LogP contribution is -2.31. The Morgan fingerprint density at radius 3 is 2.70 bits per heavy atom. The summed E-state index contributed by atoms with van der Waals surface area (Å²) in [4.78, 5) is 25.2. The summed E-state index contributed by atoms with van der Waals surface area (Å²) in [7, 11) is 0. The van der Waals surface area contributed by atoms with Gasteiger partial charge in [-0.25, -0.2) is 5.10 Å². The SMILES string of the molecule is CC(C(=O)NCc1ccc(Cl)cc1)n1c2ccccc2c2cn[nH]c(=O)c21. The van der Waals surface area contributed by atoms with Gasteiger partial charge in [0.05, 0.1) is 11.7 Å². The molecule has 6 nitrogen and oxygen atoms in total. The van der Waals surface area contributed by atoms with Gasteiger partial charge in [0.25, 0.3) is 5.56 Å². The topological polar surface area (TPSA) is 79.8 Å². The summed E-state index contributed by atoms with van der Waals surface area (Å²) >= 11 is 5.89. The maximum absolute atomic E-state index is 12.8. The number of carbonyl (C=O) groups is 1. The monoisotopic (exact) mass is 380 g/mol. The second kappa shape index (κ2) is 6.89. The average molecular weight is 381 g/mol. The molecule has 0 spiro atoms. The summed E-state index contributed by atoms with van der Waals surface area (Å²) < 4.78 is 1.77. The summed E-state index contributed by atoms with van der Waals surface area (Å²) in [5, 5.41) is 11.6. The van der Waals surface area contributed by atoms with Crippen LogP contribution in [-0.2, 0) is 11.3 Å². The molecule has 2 N–H and O–H groups in total. The van der Waals surface area contributed by atoms with E-state index in [4.69, 9.17) is 11.6 Å². The summed E-state index contributed by atoms with van der Waals surface area (Å²) in [6.07, 6.45) is 1.62. The number of hydrogen-bond donors (Lipinski definition) is 2. The minimum atomic E-state index is -0.566. The zero-order chi connectivity index (χ0) is 19.0. The molecule has 0 fully saturated rings. The van der Waals surface area contributed by atoms with Crippen molar-refractivity contribution in [3.8, 4) is 0 Å². The largest absolute Gasteiger partial charge is 0.350 e. The molecule has 27 heavy (non-hydrogen) atoms. The Balaban J connectivity index is 1.71. The Morgan fingerprint density at radius 1 is 1.19 bits per heavy atom. The number of halogens is 1. The third-order valence-corrected chi connectivity index (χ3v) is 4.92. The molecule has 0 saturated heterocycles. The van der Waals surface area contributed by atoms with Gasteiger partial charge < -0.3 is 9.88 Å². The smallest absolute Gasteiger partial charge is 0.288 e. The van der Waals surface area contributed by atoms with Crippen LogP contribution >= 0.6 is 11.6 Å². The second-order valence-electron chi connectivity index (χ2n) is 6.37. The fourth-order valence-electron chi connectivity index (χ4n) is 3.32. The first-order valence-corrected chi connectivity index (χ1v) is 8.92. The van der Waals surface area contributed by atoms with Gasteiger partial charge in [-0.3, -0.25) is 9.59 Å². The van der Waals surface area contributed by atoms with Gasteiger partial charge in [-0.1, -0.05) is 41.9 Å². The van der Waals surface area contributed by atoms with Crippen LogP contribution in [0.25, 0.3) is 21.8 Å². The predicted molar refractivity (Wildman–Crippen MR) is 106 cm³/mol. The van der Waals surface area contributed by atoms with Crippen molar-refractivity contribution in [1.29, 1.82) is 0 Å². The van der Waals surface area contributed by atoms with Crippen LogP contribution < -0.4 is 10.9 Å². The number of aromatic amines is 1. The van der Waals surface area contributed by atoms with Crippen molar-refractivity contribution in [2.75, 3.05) is 0 Å². The van der Waals surface area contributed by atoms with E-state index in [1.54, 1.807) is 29.8 Å². The quantitative estimate of drug-likeness (QED) is 0.569. The van der Waals surface area contributed by atoms with E-state index in [0.717, 1.165) is 21.9 Å². The Kier molecular flexibility index (Phi) is 4.41. The Labute approximate surface area is 159 Å². The van der Waals surface area contributed by atoms with Crippen LogP contribution in [0.5, 0.6) is 0 Å². The van der Waals surface area contributed by atoms with E-state index < -0.39 is 6.04 Å². The molecule has 0 aliphatic rings. The molecule has 136 valence electrons. The Bertz CT molecular complexity index is 1190. The Hall–Kier alpha value is -3.12. The van der Waals surface area contributed by atoms with Gasteiger partial charge in [0.1, 0.15) is 11.6 Å². The highest BCUT2D eigenvalue weighted by molar-refractivity contribution is 6.30. The number of para-hydroxylation sites is 1. The van der Waals surface area contributed by atoms with Crippen LogP contribution in [0.4, 0.5) is 0 Å². The maximum Gasteiger partial charge on any atom is 0.288 e.